The average molecular weight is 294 g/mol. The first kappa shape index (κ1) is 13.6. The van der Waals surface area contributed by atoms with E-state index in [9.17, 15) is 4.79 Å². The van der Waals surface area contributed by atoms with Crippen molar-refractivity contribution in [2.24, 2.45) is 27.2 Å². The first-order valence-electron chi connectivity index (χ1n) is 6.54. The number of nitrogens with zero attached hydrogens (tertiary/aromatic N) is 2. The molecule has 0 amide bonds. The molecule has 0 bridgehead atoms. The van der Waals surface area contributed by atoms with E-state index in [0.717, 1.165) is 5.52 Å². The van der Waals surface area contributed by atoms with E-state index in [1.54, 1.807) is 24.3 Å². The van der Waals surface area contributed by atoms with Gasteiger partial charge in [0.05, 0.1) is 11.2 Å². The number of pyridine rings is 1. The molecule has 3 rings (SSSR count). The van der Waals surface area contributed by atoms with Crippen LogP contribution in [0.25, 0.3) is 21.8 Å². The number of aromatic amines is 1. The van der Waals surface area contributed by atoms with Gasteiger partial charge >= 0.3 is 0 Å². The third-order valence-corrected chi connectivity index (χ3v) is 3.20. The lowest BCUT2D eigenvalue weighted by Crippen LogP contribution is -2.26. The Hall–Kier alpha value is -3.35. The summed E-state index contributed by atoms with van der Waals surface area (Å²) in [5.74, 6) is -0.262. The Balaban J connectivity index is 2.34. The predicted molar refractivity (Wildman–Crippen MR) is 89.2 cm³/mol. The third kappa shape index (κ3) is 2.35. The summed E-state index contributed by atoms with van der Waals surface area (Å²) >= 11 is 0. The Morgan fingerprint density at radius 2 is 1.68 bits per heavy atom. The third-order valence-electron chi connectivity index (χ3n) is 3.20. The lowest BCUT2D eigenvalue weighted by atomic mass is 10.1. The Labute approximate surface area is 125 Å². The molecule has 0 aliphatic rings. The van der Waals surface area contributed by atoms with Crippen molar-refractivity contribution in [2.75, 3.05) is 0 Å². The van der Waals surface area contributed by atoms with Crippen LogP contribution in [0.15, 0.2) is 57.2 Å². The van der Waals surface area contributed by atoms with Gasteiger partial charge in [-0.25, -0.2) is 4.99 Å². The molecule has 0 saturated carbocycles. The van der Waals surface area contributed by atoms with Gasteiger partial charge in [0.15, 0.2) is 11.4 Å². The van der Waals surface area contributed by atoms with Crippen LogP contribution in [0.3, 0.4) is 0 Å². The normalized spacial score (nSPS) is 11.7. The van der Waals surface area contributed by atoms with E-state index in [2.05, 4.69) is 15.0 Å². The standard InChI is InChI=1S/C15H14N6O/c16-14(17)21-15(18)20-11-7-3-5-9-12(11)19-10-6-2-1-4-8(10)13(9)22/h1-7H,(H,19,22)(H6,16,17,18,20,21). The minimum Gasteiger partial charge on any atom is -0.370 e. The fourth-order valence-electron chi connectivity index (χ4n) is 2.30. The lowest BCUT2D eigenvalue weighted by Gasteiger charge is -2.05. The van der Waals surface area contributed by atoms with Crippen molar-refractivity contribution in [2.45, 2.75) is 0 Å². The quantitative estimate of drug-likeness (QED) is 0.301. The average Bonchev–Trinajstić information content (AvgIpc) is 2.48. The molecule has 3 aromatic rings. The smallest absolute Gasteiger partial charge is 0.223 e. The summed E-state index contributed by atoms with van der Waals surface area (Å²) in [7, 11) is 0. The Bertz CT molecular complexity index is 982. The summed E-state index contributed by atoms with van der Waals surface area (Å²) in [5, 5.41) is 1.14. The van der Waals surface area contributed by atoms with Crippen molar-refractivity contribution in [3.05, 3.63) is 52.7 Å². The largest absolute Gasteiger partial charge is 0.370 e. The fraction of sp³-hybridized carbons (Fsp3) is 0. The Morgan fingerprint density at radius 3 is 2.45 bits per heavy atom. The number of aromatic nitrogens is 1. The van der Waals surface area contributed by atoms with E-state index in [-0.39, 0.29) is 17.3 Å². The molecule has 22 heavy (non-hydrogen) atoms. The molecule has 7 heteroatoms. The van der Waals surface area contributed by atoms with Crippen LogP contribution in [0.4, 0.5) is 5.69 Å². The van der Waals surface area contributed by atoms with E-state index in [4.69, 9.17) is 17.2 Å². The molecule has 0 saturated heterocycles. The second kappa shape index (κ2) is 5.21. The molecule has 0 atom stereocenters. The van der Waals surface area contributed by atoms with Crippen LogP contribution in [0.1, 0.15) is 0 Å². The zero-order valence-electron chi connectivity index (χ0n) is 11.6. The van der Waals surface area contributed by atoms with Gasteiger partial charge in [0.1, 0.15) is 0 Å². The maximum Gasteiger partial charge on any atom is 0.223 e. The Kier molecular flexibility index (Phi) is 3.23. The summed E-state index contributed by atoms with van der Waals surface area (Å²) in [6, 6.07) is 12.5. The number of nitrogens with two attached hydrogens (primary N) is 3. The number of nitrogens with one attached hydrogen (secondary N) is 1. The van der Waals surface area contributed by atoms with Gasteiger partial charge < -0.3 is 22.2 Å². The maximum atomic E-state index is 12.5. The van der Waals surface area contributed by atoms with E-state index >= 15 is 0 Å². The highest BCUT2D eigenvalue weighted by molar-refractivity contribution is 6.00. The lowest BCUT2D eigenvalue weighted by molar-refractivity contribution is 1.37. The summed E-state index contributed by atoms with van der Waals surface area (Å²) < 4.78 is 0. The van der Waals surface area contributed by atoms with Crippen LogP contribution in [-0.2, 0) is 0 Å². The van der Waals surface area contributed by atoms with Crippen LogP contribution < -0.4 is 22.6 Å². The molecule has 1 heterocycles. The topological polar surface area (TPSA) is 136 Å². The van der Waals surface area contributed by atoms with Crippen molar-refractivity contribution < 1.29 is 0 Å². The van der Waals surface area contributed by atoms with Gasteiger partial charge in [-0.3, -0.25) is 4.79 Å². The second-order valence-electron chi connectivity index (χ2n) is 4.71. The van der Waals surface area contributed by atoms with Gasteiger partial charge in [0, 0.05) is 16.3 Å². The molecular weight excluding hydrogens is 280 g/mol. The molecule has 0 spiro atoms. The highest BCUT2D eigenvalue weighted by Crippen LogP contribution is 2.24. The molecule has 1 aromatic heterocycles. The number of para-hydroxylation sites is 2. The molecule has 0 fully saturated rings. The number of rotatable bonds is 1. The zero-order valence-corrected chi connectivity index (χ0v) is 11.6. The highest BCUT2D eigenvalue weighted by Gasteiger charge is 2.08. The van der Waals surface area contributed by atoms with E-state index < -0.39 is 0 Å². The van der Waals surface area contributed by atoms with Gasteiger partial charge in [0.25, 0.3) is 0 Å². The van der Waals surface area contributed by atoms with Crippen molar-refractivity contribution >= 4 is 39.4 Å². The van der Waals surface area contributed by atoms with Crippen LogP contribution in [0.5, 0.6) is 0 Å². The van der Waals surface area contributed by atoms with E-state index in [1.807, 2.05) is 18.2 Å². The molecule has 7 nitrogen and oxygen atoms in total. The second-order valence-corrected chi connectivity index (χ2v) is 4.71. The van der Waals surface area contributed by atoms with E-state index in [0.29, 0.717) is 22.0 Å². The van der Waals surface area contributed by atoms with Gasteiger partial charge in [-0.15, -0.1) is 0 Å². The fourth-order valence-corrected chi connectivity index (χ4v) is 2.30. The van der Waals surface area contributed by atoms with Crippen LogP contribution >= 0.6 is 0 Å². The number of benzene rings is 2. The van der Waals surface area contributed by atoms with E-state index in [1.165, 1.54) is 0 Å². The number of aliphatic imine (C=N–C) groups is 2. The highest BCUT2D eigenvalue weighted by atomic mass is 16.1. The van der Waals surface area contributed by atoms with Crippen LogP contribution in [0, 0.1) is 0 Å². The minimum atomic E-state index is -0.180. The number of H-pyrrole nitrogens is 1. The van der Waals surface area contributed by atoms with Gasteiger partial charge in [-0.1, -0.05) is 18.2 Å². The van der Waals surface area contributed by atoms with Crippen LogP contribution in [-0.4, -0.2) is 16.9 Å². The number of guanidine groups is 2. The SMILES string of the molecule is NC(N)=NC(N)=Nc1cccc2c(=O)c3ccccc3[nH]c12. The maximum absolute atomic E-state index is 12.5. The molecule has 0 aliphatic carbocycles. The van der Waals surface area contributed by atoms with Crippen molar-refractivity contribution in [3.63, 3.8) is 0 Å². The first-order valence-corrected chi connectivity index (χ1v) is 6.54. The summed E-state index contributed by atoms with van der Waals surface area (Å²) in [4.78, 5) is 23.6. The van der Waals surface area contributed by atoms with Gasteiger partial charge in [-0.05, 0) is 24.3 Å². The summed E-state index contributed by atoms with van der Waals surface area (Å²) in [5.41, 5.74) is 17.9. The first-order chi connectivity index (χ1) is 10.6. The van der Waals surface area contributed by atoms with Crippen LogP contribution in [0.2, 0.25) is 0 Å². The number of hydrogen-bond donors (Lipinski definition) is 4. The molecule has 2 aromatic carbocycles. The minimum absolute atomic E-state index is 0.0678. The molecular formula is C15H14N6O. The number of fused-ring (bicyclic) bond motifs is 2. The molecule has 0 aliphatic heterocycles. The van der Waals surface area contributed by atoms with Crippen molar-refractivity contribution in [3.8, 4) is 0 Å². The van der Waals surface area contributed by atoms with Gasteiger partial charge in [0.2, 0.25) is 5.96 Å². The predicted octanol–water partition coefficient (Wildman–Crippen LogP) is 0.901. The van der Waals surface area contributed by atoms with Crippen molar-refractivity contribution in [1.82, 2.24) is 4.98 Å². The summed E-state index contributed by atoms with van der Waals surface area (Å²) in [6.45, 7) is 0. The number of hydrogen-bond acceptors (Lipinski definition) is 2. The monoisotopic (exact) mass is 294 g/mol. The molecule has 7 N–H and O–H groups in total. The Morgan fingerprint density at radius 1 is 0.955 bits per heavy atom. The molecule has 0 radical (unpaired) electrons. The van der Waals surface area contributed by atoms with Crippen molar-refractivity contribution in [1.29, 1.82) is 0 Å². The molecule has 110 valence electrons. The zero-order chi connectivity index (χ0) is 15.7. The summed E-state index contributed by atoms with van der Waals surface area (Å²) in [6.07, 6.45) is 0. The molecule has 0 unspecified atom stereocenters. The van der Waals surface area contributed by atoms with Gasteiger partial charge in [-0.2, -0.15) is 4.99 Å².